The molecule has 2 bridgehead atoms. The number of ether oxygens (including phenoxy) is 4. The monoisotopic (exact) mass is 683 g/mol. The van der Waals surface area contributed by atoms with Crippen LogP contribution >= 0.6 is 0 Å². The number of carboxylic acid groups (broad SMARTS) is 1. The highest BCUT2D eigenvalue weighted by Gasteiger charge is 2.64. The van der Waals surface area contributed by atoms with Crippen LogP contribution in [0.3, 0.4) is 0 Å². The molecule has 3 fully saturated rings. The van der Waals surface area contributed by atoms with Crippen LogP contribution in [0.25, 0.3) is 12.2 Å². The molecule has 0 radical (unpaired) electrons. The van der Waals surface area contributed by atoms with E-state index in [4.69, 9.17) is 24.7 Å². The predicted octanol–water partition coefficient (Wildman–Crippen LogP) is 1.82. The van der Waals surface area contributed by atoms with Crippen molar-refractivity contribution in [2.24, 2.45) is 11.7 Å². The number of carbonyl (C=O) groups excluding carboxylic acids is 2. The van der Waals surface area contributed by atoms with Crippen molar-refractivity contribution in [2.75, 3.05) is 26.4 Å². The van der Waals surface area contributed by atoms with Gasteiger partial charge in [0.25, 0.3) is 0 Å². The van der Waals surface area contributed by atoms with E-state index in [-0.39, 0.29) is 62.5 Å². The number of aliphatic hydroxyl groups excluding tert-OH is 2. The van der Waals surface area contributed by atoms with Crippen LogP contribution in [-0.4, -0.2) is 104 Å². The van der Waals surface area contributed by atoms with Crippen molar-refractivity contribution >= 4 is 29.7 Å². The number of benzene rings is 2. The van der Waals surface area contributed by atoms with Crippen LogP contribution in [0.5, 0.6) is 23.0 Å². The lowest BCUT2D eigenvalue weighted by molar-refractivity contribution is -0.283. The molecule has 14 heteroatoms. The molecule has 3 aliphatic rings. The van der Waals surface area contributed by atoms with Gasteiger partial charge in [-0.05, 0) is 78.8 Å². The number of fused-ring (bicyclic) bond motifs is 1. The highest BCUT2D eigenvalue weighted by Crippen LogP contribution is 2.50. The van der Waals surface area contributed by atoms with E-state index in [2.05, 4.69) is 0 Å². The summed E-state index contributed by atoms with van der Waals surface area (Å²) in [6.45, 7) is -0.419. The normalized spacial score (nSPS) is 28.2. The molecule has 2 aromatic carbocycles. The molecule has 8 N–H and O–H groups in total. The van der Waals surface area contributed by atoms with Crippen molar-refractivity contribution < 1.29 is 64.0 Å². The first-order chi connectivity index (χ1) is 23.4. The van der Waals surface area contributed by atoms with E-state index in [1.165, 1.54) is 48.6 Å². The van der Waals surface area contributed by atoms with Gasteiger partial charge in [-0.15, -0.1) is 0 Å². The van der Waals surface area contributed by atoms with Gasteiger partial charge in [-0.1, -0.05) is 18.2 Å². The number of carboxylic acids is 1. The van der Waals surface area contributed by atoms with Crippen LogP contribution in [0, 0.1) is 5.92 Å². The smallest absolute Gasteiger partial charge is 0.336 e. The lowest BCUT2D eigenvalue weighted by Gasteiger charge is -2.56. The van der Waals surface area contributed by atoms with Gasteiger partial charge in [0.05, 0.1) is 18.8 Å². The van der Waals surface area contributed by atoms with Gasteiger partial charge >= 0.3 is 5.97 Å². The third kappa shape index (κ3) is 7.49. The summed E-state index contributed by atoms with van der Waals surface area (Å²) in [5, 5.41) is 61.3. The maximum Gasteiger partial charge on any atom is 0.336 e. The van der Waals surface area contributed by atoms with E-state index >= 15 is 0 Å². The summed E-state index contributed by atoms with van der Waals surface area (Å²) < 4.78 is 23.6. The molecular weight excluding hydrogens is 642 g/mol. The summed E-state index contributed by atoms with van der Waals surface area (Å²) in [5.41, 5.74) is 3.07. The SMILES string of the molecule is NCCOc1ccc(C=CC(=O)COC2(C(=O)O)CC(O)C3OCCCC4(C(=O)C=Cc5cc(O)c(O)cc5CO)CCC2C3O4)cc1O. The summed E-state index contributed by atoms with van der Waals surface area (Å²) in [6, 6.07) is 6.94. The van der Waals surface area contributed by atoms with Gasteiger partial charge in [-0.25, -0.2) is 4.79 Å². The van der Waals surface area contributed by atoms with Gasteiger partial charge in [0.1, 0.15) is 24.9 Å². The highest BCUT2D eigenvalue weighted by atomic mass is 16.6. The van der Waals surface area contributed by atoms with E-state index in [9.17, 15) is 45.0 Å². The molecular formula is C35H41NO13. The molecule has 1 aliphatic carbocycles. The molecule has 0 aromatic heterocycles. The molecule has 6 unspecified atom stereocenters. The summed E-state index contributed by atoms with van der Waals surface area (Å²) in [6.07, 6.45) is 2.47. The van der Waals surface area contributed by atoms with Crippen LogP contribution in [0.4, 0.5) is 0 Å². The largest absolute Gasteiger partial charge is 0.504 e. The maximum absolute atomic E-state index is 13.8. The Kier molecular flexibility index (Phi) is 11.1. The first-order valence-corrected chi connectivity index (χ1v) is 16.0. The zero-order chi connectivity index (χ0) is 35.3. The Balaban J connectivity index is 1.34. The molecule has 14 nitrogen and oxygen atoms in total. The van der Waals surface area contributed by atoms with Crippen molar-refractivity contribution in [3.8, 4) is 23.0 Å². The molecule has 2 aliphatic heterocycles. The number of hydrogen-bond donors (Lipinski definition) is 7. The lowest BCUT2D eigenvalue weighted by atomic mass is 9.65. The fourth-order valence-electron chi connectivity index (χ4n) is 6.90. The van der Waals surface area contributed by atoms with Gasteiger partial charge in [-0.3, -0.25) is 9.59 Å². The molecule has 0 amide bonds. The van der Waals surface area contributed by atoms with Crippen molar-refractivity contribution in [1.29, 1.82) is 0 Å². The number of aromatic hydroxyl groups is 3. The topological polar surface area (TPSA) is 236 Å². The second-order valence-corrected chi connectivity index (χ2v) is 12.5. The zero-order valence-corrected chi connectivity index (χ0v) is 26.7. The number of aliphatic carboxylic acids is 1. The number of nitrogens with two attached hydrogens (primary N) is 1. The number of hydrogen-bond acceptors (Lipinski definition) is 13. The van der Waals surface area contributed by atoms with E-state index in [0.29, 0.717) is 17.5 Å². The molecule has 49 heavy (non-hydrogen) atoms. The van der Waals surface area contributed by atoms with E-state index in [1.807, 2.05) is 0 Å². The first-order valence-electron chi connectivity index (χ1n) is 16.0. The average molecular weight is 684 g/mol. The summed E-state index contributed by atoms with van der Waals surface area (Å²) in [7, 11) is 0. The summed E-state index contributed by atoms with van der Waals surface area (Å²) in [4.78, 5) is 39.6. The Morgan fingerprint density at radius 1 is 1.00 bits per heavy atom. The van der Waals surface area contributed by atoms with Gasteiger partial charge in [0.15, 0.2) is 40.2 Å². The van der Waals surface area contributed by atoms with Crippen LogP contribution in [-0.2, 0) is 35.2 Å². The number of rotatable bonds is 13. The van der Waals surface area contributed by atoms with Crippen LogP contribution < -0.4 is 10.5 Å². The quantitative estimate of drug-likeness (QED) is 0.118. The fourth-order valence-corrected chi connectivity index (χ4v) is 6.90. The van der Waals surface area contributed by atoms with Gasteiger partial charge in [0.2, 0.25) is 0 Å². The minimum atomic E-state index is -2.03. The van der Waals surface area contributed by atoms with Crippen molar-refractivity contribution in [3.05, 3.63) is 59.2 Å². The fraction of sp³-hybridized carbons (Fsp3) is 0.457. The molecule has 2 saturated heterocycles. The number of ketones is 2. The standard InChI is InChI=1S/C35H41NO13/c36-11-13-46-29-6-3-20(14-27(29)41)2-5-23(38)19-48-35(33(44)45)17-28(42)32-31-24(35)8-10-34(49-31,9-1-12-47-32)30(43)7-4-21-15-25(39)26(40)16-22(21)18-37/h2-7,14-16,24,28,31-32,37,39-42H,1,8-13,17-19,36H2,(H,44,45). The van der Waals surface area contributed by atoms with Crippen molar-refractivity contribution in [2.45, 2.75) is 68.2 Å². The molecule has 6 atom stereocenters. The number of carbonyl (C=O) groups is 3. The Bertz CT molecular complexity index is 1620. The second kappa shape index (κ2) is 15.1. The predicted molar refractivity (Wildman–Crippen MR) is 173 cm³/mol. The van der Waals surface area contributed by atoms with Crippen LogP contribution in [0.2, 0.25) is 0 Å². The Morgan fingerprint density at radius 3 is 2.49 bits per heavy atom. The Morgan fingerprint density at radius 2 is 1.78 bits per heavy atom. The number of aliphatic hydroxyl groups is 2. The molecule has 2 heterocycles. The first kappa shape index (κ1) is 36.0. The van der Waals surface area contributed by atoms with E-state index in [0.717, 1.165) is 0 Å². The highest BCUT2D eigenvalue weighted by molar-refractivity contribution is 6.00. The molecule has 0 spiro atoms. The molecule has 5 rings (SSSR count). The molecule has 2 aromatic rings. The van der Waals surface area contributed by atoms with E-state index in [1.54, 1.807) is 6.07 Å². The average Bonchev–Trinajstić information content (AvgIpc) is 3.07. The summed E-state index contributed by atoms with van der Waals surface area (Å²) >= 11 is 0. The van der Waals surface area contributed by atoms with Crippen molar-refractivity contribution in [3.63, 3.8) is 0 Å². The molecule has 1 saturated carbocycles. The minimum Gasteiger partial charge on any atom is -0.504 e. The zero-order valence-electron chi connectivity index (χ0n) is 26.7. The second-order valence-electron chi connectivity index (χ2n) is 12.5. The molecule has 264 valence electrons. The Labute approximate surface area is 282 Å². The van der Waals surface area contributed by atoms with Crippen LogP contribution in [0.15, 0.2) is 42.5 Å². The van der Waals surface area contributed by atoms with E-state index < -0.39 is 77.7 Å². The summed E-state index contributed by atoms with van der Waals surface area (Å²) in [5.74, 6) is -4.03. The number of phenolic OH excluding ortho intramolecular Hbond substituents is 3. The van der Waals surface area contributed by atoms with Gasteiger partial charge < -0.3 is 55.3 Å². The van der Waals surface area contributed by atoms with Gasteiger partial charge in [0, 0.05) is 25.5 Å². The van der Waals surface area contributed by atoms with Crippen molar-refractivity contribution in [1.82, 2.24) is 0 Å². The maximum atomic E-state index is 13.8. The van der Waals surface area contributed by atoms with Gasteiger partial charge in [-0.2, -0.15) is 0 Å². The minimum absolute atomic E-state index is 0.120. The third-order valence-corrected chi connectivity index (χ3v) is 9.39. The third-order valence-electron chi connectivity index (χ3n) is 9.39. The lowest BCUT2D eigenvalue weighted by Crippen LogP contribution is -2.69. The van der Waals surface area contributed by atoms with Crippen LogP contribution in [0.1, 0.15) is 48.8 Å². The number of phenols is 3. The Hall–Kier alpha value is -4.31.